The van der Waals surface area contributed by atoms with Crippen molar-refractivity contribution in [3.63, 3.8) is 0 Å². The second kappa shape index (κ2) is 8.75. The molecule has 12 heteroatoms. The molecule has 0 bridgehead atoms. The van der Waals surface area contributed by atoms with Gasteiger partial charge in [-0.25, -0.2) is 14.4 Å². The van der Waals surface area contributed by atoms with E-state index in [2.05, 4.69) is 25.1 Å². The average Bonchev–Trinajstić information content (AvgIpc) is 3.28. The summed E-state index contributed by atoms with van der Waals surface area (Å²) in [5.74, 6) is -0.550. The Bertz CT molecular complexity index is 1430. The lowest BCUT2D eigenvalue weighted by Gasteiger charge is -2.39. The number of nitrogens with one attached hydrogen (secondary N) is 1. The van der Waals surface area contributed by atoms with Gasteiger partial charge in [0.15, 0.2) is 5.65 Å². The fourth-order valence-electron chi connectivity index (χ4n) is 4.42. The molecule has 1 fully saturated rings. The number of ether oxygens (including phenoxy) is 1. The molecule has 1 amide bonds. The first kappa shape index (κ1) is 22.9. The average molecular weight is 497 g/mol. The molecular formula is C23H22ClFN8O2. The Kier molecular flexibility index (Phi) is 5.73. The van der Waals surface area contributed by atoms with E-state index in [0.29, 0.717) is 59.7 Å². The van der Waals surface area contributed by atoms with Gasteiger partial charge in [-0.2, -0.15) is 10.1 Å². The molecule has 180 valence electrons. The molecule has 1 saturated heterocycles. The van der Waals surface area contributed by atoms with Gasteiger partial charge in [-0.3, -0.25) is 9.89 Å². The lowest BCUT2D eigenvalue weighted by Crippen LogP contribution is -2.49. The highest BCUT2D eigenvalue weighted by atomic mass is 35.5. The van der Waals surface area contributed by atoms with Gasteiger partial charge in [0, 0.05) is 36.0 Å². The Hall–Kier alpha value is -3.83. The number of hydrogen-bond donors (Lipinski definition) is 3. The van der Waals surface area contributed by atoms with Gasteiger partial charge in [0.1, 0.15) is 22.2 Å². The van der Waals surface area contributed by atoms with Crippen molar-refractivity contribution >= 4 is 34.5 Å². The minimum atomic E-state index is -0.809. The summed E-state index contributed by atoms with van der Waals surface area (Å²) in [7, 11) is 1.45. The smallest absolute Gasteiger partial charge is 0.268 e. The van der Waals surface area contributed by atoms with Crippen molar-refractivity contribution in [1.29, 1.82) is 0 Å². The Labute approximate surface area is 204 Å². The lowest BCUT2D eigenvalue weighted by atomic mass is 9.81. The fourth-order valence-corrected chi connectivity index (χ4v) is 4.70. The van der Waals surface area contributed by atoms with Crippen molar-refractivity contribution in [1.82, 2.24) is 25.1 Å². The third-order valence-corrected chi connectivity index (χ3v) is 6.66. The van der Waals surface area contributed by atoms with Crippen molar-refractivity contribution < 1.29 is 13.9 Å². The van der Waals surface area contributed by atoms with Crippen LogP contribution in [0.1, 0.15) is 28.9 Å². The Morgan fingerprint density at radius 1 is 1.23 bits per heavy atom. The van der Waals surface area contributed by atoms with Gasteiger partial charge in [0.05, 0.1) is 12.5 Å². The zero-order valence-corrected chi connectivity index (χ0v) is 19.5. The van der Waals surface area contributed by atoms with E-state index in [9.17, 15) is 9.18 Å². The SMILES string of the molecule is COc1nccc(-c2n[nH]c3nc(N4CCC(N)(c5ccccc5F)CC4)nc(C(N)=O)c23)c1Cl. The highest BCUT2D eigenvalue weighted by Gasteiger charge is 2.35. The molecule has 1 aliphatic rings. The third-order valence-electron chi connectivity index (χ3n) is 6.30. The van der Waals surface area contributed by atoms with Gasteiger partial charge in [0.2, 0.25) is 11.8 Å². The molecule has 35 heavy (non-hydrogen) atoms. The quantitative estimate of drug-likeness (QED) is 0.382. The number of carbonyl (C=O) groups excluding carboxylic acids is 1. The maximum Gasteiger partial charge on any atom is 0.268 e. The predicted octanol–water partition coefficient (Wildman–Crippen LogP) is 2.77. The fraction of sp³-hybridized carbons (Fsp3) is 0.261. The molecule has 0 atom stereocenters. The first-order valence-electron chi connectivity index (χ1n) is 10.9. The zero-order chi connectivity index (χ0) is 24.7. The number of aromatic amines is 1. The largest absolute Gasteiger partial charge is 0.480 e. The number of piperidine rings is 1. The van der Waals surface area contributed by atoms with E-state index in [4.69, 9.17) is 27.8 Å². The number of carbonyl (C=O) groups is 1. The number of pyridine rings is 1. The van der Waals surface area contributed by atoms with Crippen LogP contribution in [0.5, 0.6) is 5.88 Å². The number of hydrogen-bond acceptors (Lipinski definition) is 8. The van der Waals surface area contributed by atoms with Crippen LogP contribution in [0, 0.1) is 5.82 Å². The van der Waals surface area contributed by atoms with Crippen molar-refractivity contribution in [3.05, 3.63) is 58.6 Å². The van der Waals surface area contributed by atoms with Crippen LogP contribution in [0.2, 0.25) is 5.02 Å². The number of methoxy groups -OCH3 is 1. The molecule has 0 aliphatic carbocycles. The number of halogens is 2. The molecular weight excluding hydrogens is 475 g/mol. The van der Waals surface area contributed by atoms with E-state index < -0.39 is 11.4 Å². The highest BCUT2D eigenvalue weighted by Crippen LogP contribution is 2.38. The number of fused-ring (bicyclic) bond motifs is 1. The molecule has 1 aromatic carbocycles. The standard InChI is InChI=1S/C23H22ClFN8O2/c1-35-21-16(24)12(6-9-28-21)17-15-18(19(26)34)29-22(30-20(15)32-31-17)33-10-7-23(27,8-11-33)13-4-2-3-5-14(13)25/h2-6,9H,7-8,10-11,27H2,1H3,(H2,26,34)(H,29,30,31,32). The first-order chi connectivity index (χ1) is 16.8. The molecule has 0 saturated carbocycles. The number of aromatic nitrogens is 5. The number of benzene rings is 1. The van der Waals surface area contributed by atoms with Crippen LogP contribution >= 0.6 is 11.6 Å². The third kappa shape index (κ3) is 3.92. The summed E-state index contributed by atoms with van der Waals surface area (Å²) >= 11 is 6.43. The second-order valence-electron chi connectivity index (χ2n) is 8.34. The van der Waals surface area contributed by atoms with Gasteiger partial charge in [0.25, 0.3) is 5.91 Å². The number of nitrogens with zero attached hydrogens (tertiary/aromatic N) is 5. The highest BCUT2D eigenvalue weighted by molar-refractivity contribution is 6.35. The predicted molar refractivity (Wildman–Crippen MR) is 129 cm³/mol. The minimum absolute atomic E-state index is 0.000662. The van der Waals surface area contributed by atoms with E-state index in [1.807, 2.05) is 4.90 Å². The van der Waals surface area contributed by atoms with Crippen LogP contribution in [0.15, 0.2) is 36.5 Å². The van der Waals surface area contributed by atoms with E-state index in [-0.39, 0.29) is 22.4 Å². The van der Waals surface area contributed by atoms with Crippen LogP contribution in [-0.2, 0) is 5.54 Å². The molecule has 4 heterocycles. The summed E-state index contributed by atoms with van der Waals surface area (Å²) in [6, 6.07) is 8.18. The topological polar surface area (TPSA) is 149 Å². The van der Waals surface area contributed by atoms with Gasteiger partial charge < -0.3 is 21.1 Å². The molecule has 4 aromatic rings. The van der Waals surface area contributed by atoms with Crippen molar-refractivity contribution in [2.75, 3.05) is 25.1 Å². The molecule has 5 rings (SSSR count). The summed E-state index contributed by atoms with van der Waals surface area (Å²) < 4.78 is 19.6. The van der Waals surface area contributed by atoms with Gasteiger partial charge in [-0.05, 0) is 25.0 Å². The van der Waals surface area contributed by atoms with E-state index in [1.54, 1.807) is 24.3 Å². The summed E-state index contributed by atoms with van der Waals surface area (Å²) in [6.07, 6.45) is 2.46. The normalized spacial score (nSPS) is 15.4. The Morgan fingerprint density at radius 2 is 1.97 bits per heavy atom. The number of primary amides is 1. The molecule has 10 nitrogen and oxygen atoms in total. The Morgan fingerprint density at radius 3 is 2.66 bits per heavy atom. The molecule has 0 radical (unpaired) electrons. The van der Waals surface area contributed by atoms with Crippen molar-refractivity contribution in [2.45, 2.75) is 18.4 Å². The van der Waals surface area contributed by atoms with E-state index >= 15 is 0 Å². The lowest BCUT2D eigenvalue weighted by molar-refractivity contribution is 0.0997. The molecule has 3 aromatic heterocycles. The molecule has 0 unspecified atom stereocenters. The minimum Gasteiger partial charge on any atom is -0.480 e. The van der Waals surface area contributed by atoms with Crippen LogP contribution in [-0.4, -0.2) is 51.3 Å². The number of amides is 1. The van der Waals surface area contributed by atoms with Crippen LogP contribution in [0.25, 0.3) is 22.3 Å². The molecule has 1 aliphatic heterocycles. The summed E-state index contributed by atoms with van der Waals surface area (Å²) in [4.78, 5) is 27.4. The number of anilines is 1. The zero-order valence-electron chi connectivity index (χ0n) is 18.8. The van der Waals surface area contributed by atoms with E-state index in [1.165, 1.54) is 19.4 Å². The first-order valence-corrected chi connectivity index (χ1v) is 11.2. The Balaban J connectivity index is 1.51. The van der Waals surface area contributed by atoms with Crippen LogP contribution < -0.4 is 21.1 Å². The molecule has 5 N–H and O–H groups in total. The van der Waals surface area contributed by atoms with Crippen molar-refractivity contribution in [3.8, 4) is 17.1 Å². The maximum atomic E-state index is 14.4. The summed E-state index contributed by atoms with van der Waals surface area (Å²) in [5.41, 5.74) is 13.1. The maximum absolute atomic E-state index is 14.4. The van der Waals surface area contributed by atoms with Crippen LogP contribution in [0.4, 0.5) is 10.3 Å². The summed E-state index contributed by atoms with van der Waals surface area (Å²) in [6.45, 7) is 0.922. The summed E-state index contributed by atoms with van der Waals surface area (Å²) in [5, 5.41) is 7.74. The van der Waals surface area contributed by atoms with Gasteiger partial charge >= 0.3 is 0 Å². The van der Waals surface area contributed by atoms with Crippen LogP contribution in [0.3, 0.4) is 0 Å². The number of H-pyrrole nitrogens is 1. The van der Waals surface area contributed by atoms with E-state index in [0.717, 1.165) is 0 Å². The molecule has 0 spiro atoms. The monoisotopic (exact) mass is 496 g/mol. The second-order valence-corrected chi connectivity index (χ2v) is 8.72. The van der Waals surface area contributed by atoms with Gasteiger partial charge in [-0.1, -0.05) is 29.8 Å². The number of rotatable bonds is 5. The van der Waals surface area contributed by atoms with Crippen molar-refractivity contribution in [2.24, 2.45) is 11.5 Å². The number of nitrogens with two attached hydrogens (primary N) is 2. The van der Waals surface area contributed by atoms with Gasteiger partial charge in [-0.15, -0.1) is 0 Å².